The standard InChI is InChI=1S/C18H22F3N7OS/c1-11(30-17-24-25-26-28(17)14-3-4-14)16(29)23-13-6-8-27(9-7-13)15-5-2-12(10-22-15)18(19,20)21/h2,5,10-11,13-14H,3-4,6-9H2,1H3,(H,23,29). The normalized spacial score (nSPS) is 19.0. The van der Waals surface area contributed by atoms with E-state index in [0.717, 1.165) is 25.1 Å². The maximum atomic E-state index is 12.7. The average molecular weight is 441 g/mol. The molecule has 1 N–H and O–H groups in total. The van der Waals surface area contributed by atoms with E-state index in [-0.39, 0.29) is 17.2 Å². The minimum Gasteiger partial charge on any atom is -0.356 e. The summed E-state index contributed by atoms with van der Waals surface area (Å²) >= 11 is 1.35. The quantitative estimate of drug-likeness (QED) is 0.690. The summed E-state index contributed by atoms with van der Waals surface area (Å²) in [6.07, 6.45) is -0.00878. The predicted molar refractivity (Wildman–Crippen MR) is 104 cm³/mol. The van der Waals surface area contributed by atoms with Crippen LogP contribution in [0.3, 0.4) is 0 Å². The van der Waals surface area contributed by atoms with Gasteiger partial charge in [-0.05, 0) is 55.2 Å². The monoisotopic (exact) mass is 441 g/mol. The summed E-state index contributed by atoms with van der Waals surface area (Å²) in [5, 5.41) is 15.1. The molecule has 1 atom stereocenters. The Morgan fingerprint density at radius 1 is 1.23 bits per heavy atom. The van der Waals surface area contributed by atoms with E-state index in [1.54, 1.807) is 4.68 Å². The van der Waals surface area contributed by atoms with Gasteiger partial charge in [-0.15, -0.1) is 5.10 Å². The van der Waals surface area contributed by atoms with Gasteiger partial charge < -0.3 is 10.2 Å². The molecule has 1 saturated heterocycles. The number of anilines is 1. The van der Waals surface area contributed by atoms with Crippen molar-refractivity contribution in [2.24, 2.45) is 0 Å². The molecule has 2 fully saturated rings. The van der Waals surface area contributed by atoms with Crippen LogP contribution in [0.1, 0.15) is 44.2 Å². The minimum absolute atomic E-state index is 0.0191. The lowest BCUT2D eigenvalue weighted by Crippen LogP contribution is -2.46. The van der Waals surface area contributed by atoms with Crippen molar-refractivity contribution < 1.29 is 18.0 Å². The first-order valence-corrected chi connectivity index (χ1v) is 10.7. The van der Waals surface area contributed by atoms with Crippen molar-refractivity contribution in [1.29, 1.82) is 0 Å². The molecule has 2 aliphatic rings. The van der Waals surface area contributed by atoms with E-state index in [2.05, 4.69) is 25.8 Å². The molecule has 8 nitrogen and oxygen atoms in total. The third-order valence-electron chi connectivity index (χ3n) is 5.25. The Morgan fingerprint density at radius 2 is 1.97 bits per heavy atom. The average Bonchev–Trinajstić information content (AvgIpc) is 3.47. The topological polar surface area (TPSA) is 88.8 Å². The van der Waals surface area contributed by atoms with Crippen LogP contribution in [0.4, 0.5) is 19.0 Å². The first-order valence-electron chi connectivity index (χ1n) is 9.84. The van der Waals surface area contributed by atoms with Crippen LogP contribution in [0.15, 0.2) is 23.5 Å². The summed E-state index contributed by atoms with van der Waals surface area (Å²) < 4.78 is 39.8. The van der Waals surface area contributed by atoms with E-state index < -0.39 is 11.7 Å². The van der Waals surface area contributed by atoms with Crippen LogP contribution in [-0.2, 0) is 11.0 Å². The second kappa shape index (κ2) is 8.40. The summed E-state index contributed by atoms with van der Waals surface area (Å²) in [5.74, 6) is 0.445. The largest absolute Gasteiger partial charge is 0.417 e. The smallest absolute Gasteiger partial charge is 0.356 e. The van der Waals surface area contributed by atoms with Crippen LogP contribution in [0, 0.1) is 0 Å². The molecule has 30 heavy (non-hydrogen) atoms. The van der Waals surface area contributed by atoms with Crippen molar-refractivity contribution in [2.75, 3.05) is 18.0 Å². The Balaban J connectivity index is 1.26. The van der Waals surface area contributed by atoms with Gasteiger partial charge in [-0.3, -0.25) is 4.79 Å². The van der Waals surface area contributed by atoms with Crippen LogP contribution < -0.4 is 10.2 Å². The fourth-order valence-electron chi connectivity index (χ4n) is 3.34. The van der Waals surface area contributed by atoms with Crippen LogP contribution >= 0.6 is 11.8 Å². The molecule has 4 rings (SSSR count). The number of alkyl halides is 3. The van der Waals surface area contributed by atoms with Gasteiger partial charge in [0.15, 0.2) is 0 Å². The molecule has 0 aromatic carbocycles. The zero-order valence-corrected chi connectivity index (χ0v) is 17.2. The molecule has 0 radical (unpaired) electrons. The number of hydrogen-bond donors (Lipinski definition) is 1. The maximum Gasteiger partial charge on any atom is 0.417 e. The number of carbonyl (C=O) groups excluding carboxylic acids is 1. The van der Waals surface area contributed by atoms with E-state index in [9.17, 15) is 18.0 Å². The highest BCUT2D eigenvalue weighted by Crippen LogP contribution is 2.37. The SMILES string of the molecule is CC(Sc1nnnn1C1CC1)C(=O)NC1CCN(c2ccc(C(F)(F)F)cn2)CC1. The molecule has 0 bridgehead atoms. The van der Waals surface area contributed by atoms with Crippen LogP contribution in [0.2, 0.25) is 0 Å². The summed E-state index contributed by atoms with van der Waals surface area (Å²) in [5.41, 5.74) is -0.757. The van der Waals surface area contributed by atoms with Crippen LogP contribution in [0.25, 0.3) is 0 Å². The van der Waals surface area contributed by atoms with Gasteiger partial charge in [-0.2, -0.15) is 13.2 Å². The highest BCUT2D eigenvalue weighted by atomic mass is 32.2. The second-order valence-electron chi connectivity index (χ2n) is 7.57. The number of thioether (sulfide) groups is 1. The van der Waals surface area contributed by atoms with Crippen molar-refractivity contribution in [1.82, 2.24) is 30.5 Å². The molecule has 3 heterocycles. The Labute approximate surface area is 175 Å². The third-order valence-corrected chi connectivity index (χ3v) is 6.29. The van der Waals surface area contributed by atoms with Gasteiger partial charge >= 0.3 is 6.18 Å². The molecule has 2 aromatic rings. The number of rotatable bonds is 6. The van der Waals surface area contributed by atoms with Crippen LogP contribution in [0.5, 0.6) is 0 Å². The van der Waals surface area contributed by atoms with Crippen molar-refractivity contribution in [3.8, 4) is 0 Å². The van der Waals surface area contributed by atoms with Crippen molar-refractivity contribution in [3.05, 3.63) is 23.9 Å². The Kier molecular flexibility index (Phi) is 5.85. The zero-order chi connectivity index (χ0) is 21.3. The van der Waals surface area contributed by atoms with Crippen LogP contribution in [-0.4, -0.2) is 55.5 Å². The molecule has 1 aliphatic heterocycles. The van der Waals surface area contributed by atoms with Crippen molar-refractivity contribution in [3.63, 3.8) is 0 Å². The summed E-state index contributed by atoms with van der Waals surface area (Å²) in [6.45, 7) is 3.06. The van der Waals surface area contributed by atoms with Gasteiger partial charge in [0.05, 0.1) is 16.9 Å². The van der Waals surface area contributed by atoms with Gasteiger partial charge in [0.2, 0.25) is 11.1 Å². The zero-order valence-electron chi connectivity index (χ0n) is 16.3. The molecular weight excluding hydrogens is 419 g/mol. The van der Waals surface area contributed by atoms with E-state index >= 15 is 0 Å². The molecule has 1 unspecified atom stereocenters. The Morgan fingerprint density at radius 3 is 2.57 bits per heavy atom. The number of piperidine rings is 1. The van der Waals surface area contributed by atoms with E-state index in [1.807, 2.05) is 11.8 Å². The fourth-order valence-corrected chi connectivity index (χ4v) is 4.20. The molecule has 1 aliphatic carbocycles. The molecule has 1 amide bonds. The number of nitrogens with zero attached hydrogens (tertiary/aromatic N) is 6. The lowest BCUT2D eigenvalue weighted by atomic mass is 10.0. The molecule has 162 valence electrons. The minimum atomic E-state index is -4.39. The highest BCUT2D eigenvalue weighted by Gasteiger charge is 2.32. The van der Waals surface area contributed by atoms with Gasteiger partial charge in [-0.25, -0.2) is 9.67 Å². The lowest BCUT2D eigenvalue weighted by Gasteiger charge is -2.33. The van der Waals surface area contributed by atoms with E-state index in [0.29, 0.717) is 42.9 Å². The fraction of sp³-hybridized carbons (Fsp3) is 0.611. The van der Waals surface area contributed by atoms with Crippen molar-refractivity contribution in [2.45, 2.75) is 61.3 Å². The van der Waals surface area contributed by atoms with Gasteiger partial charge in [-0.1, -0.05) is 11.8 Å². The van der Waals surface area contributed by atoms with Gasteiger partial charge in [0.1, 0.15) is 5.82 Å². The van der Waals surface area contributed by atoms with Crippen molar-refractivity contribution >= 4 is 23.5 Å². The molecule has 12 heteroatoms. The maximum absolute atomic E-state index is 12.7. The number of pyridine rings is 1. The molecule has 1 saturated carbocycles. The summed E-state index contributed by atoms with van der Waals surface area (Å²) in [4.78, 5) is 18.5. The Hall–Kier alpha value is -2.37. The number of tetrazole rings is 1. The summed E-state index contributed by atoms with van der Waals surface area (Å²) in [6, 6.07) is 2.81. The highest BCUT2D eigenvalue weighted by molar-refractivity contribution is 8.00. The number of halogens is 3. The Bertz CT molecular complexity index is 877. The van der Waals surface area contributed by atoms with E-state index in [1.165, 1.54) is 17.8 Å². The van der Waals surface area contributed by atoms with Gasteiger partial charge in [0, 0.05) is 25.3 Å². The number of hydrogen-bond acceptors (Lipinski definition) is 7. The number of nitrogens with one attached hydrogen (secondary N) is 1. The lowest BCUT2D eigenvalue weighted by molar-refractivity contribution is -0.137. The first kappa shape index (κ1) is 20.9. The number of aromatic nitrogens is 5. The number of amides is 1. The molecule has 2 aromatic heterocycles. The second-order valence-corrected chi connectivity index (χ2v) is 8.88. The van der Waals surface area contributed by atoms with E-state index in [4.69, 9.17) is 0 Å². The number of carbonyl (C=O) groups is 1. The molecule has 0 spiro atoms. The summed E-state index contributed by atoms with van der Waals surface area (Å²) in [7, 11) is 0. The third kappa shape index (κ3) is 4.85. The predicted octanol–water partition coefficient (Wildman–Crippen LogP) is 2.69. The molecular formula is C18H22F3N7OS. The van der Waals surface area contributed by atoms with Gasteiger partial charge in [0.25, 0.3) is 0 Å². The first-order chi connectivity index (χ1) is 14.3.